The Balaban J connectivity index is -0.000000117. The van der Waals surface area contributed by atoms with Gasteiger partial charge in [-0.1, -0.05) is 91.8 Å². The highest BCUT2D eigenvalue weighted by Gasteiger charge is 2.21. The number of methoxy groups -OCH3 is 2. The van der Waals surface area contributed by atoms with Crippen LogP contribution in [0.3, 0.4) is 0 Å². The summed E-state index contributed by atoms with van der Waals surface area (Å²) in [5.41, 5.74) is 0. The summed E-state index contributed by atoms with van der Waals surface area (Å²) in [4.78, 5) is 0. The molecule has 0 radical (unpaired) electrons. The van der Waals surface area contributed by atoms with Crippen molar-refractivity contribution in [1.82, 2.24) is 0 Å². The Hall–Kier alpha value is -0.940. The smallest absolute Gasteiger partial charge is 0.104 e. The summed E-state index contributed by atoms with van der Waals surface area (Å²) in [6.45, 7) is 19.3. The molecular weight excluding hydrogens is 328 g/mol. The number of benzene rings is 1. The zero-order valence-corrected chi connectivity index (χ0v) is 19.1. The maximum absolute atomic E-state index is 4.82. The first kappa shape index (κ1) is 32.7. The number of hydrogen-bond acceptors (Lipinski definition) is 4. The van der Waals surface area contributed by atoms with E-state index in [2.05, 4.69) is 0 Å². The van der Waals surface area contributed by atoms with E-state index < -0.39 is 0 Å². The Labute approximate surface area is 164 Å². The fourth-order valence-corrected chi connectivity index (χ4v) is 1.09. The standard InChI is InChI=1S/C6H6.2C4H8O2.4C2H6/c1-2-4-6-5-3-1;2*1-5-2-4-3-6-4;4*1-2/h1-6H;2*4H,2-3H2,1H3;4*1-2H3. The van der Waals surface area contributed by atoms with Crippen molar-refractivity contribution in [3.63, 3.8) is 0 Å². The third-order valence-corrected chi connectivity index (χ3v) is 2.18. The minimum Gasteiger partial charge on any atom is -0.382 e. The highest BCUT2D eigenvalue weighted by Crippen LogP contribution is 2.07. The quantitative estimate of drug-likeness (QED) is 0.620. The van der Waals surface area contributed by atoms with Gasteiger partial charge >= 0.3 is 0 Å². The van der Waals surface area contributed by atoms with E-state index in [9.17, 15) is 0 Å². The van der Waals surface area contributed by atoms with Crippen molar-refractivity contribution in [3.05, 3.63) is 36.4 Å². The molecule has 0 N–H and O–H groups in total. The van der Waals surface area contributed by atoms with Crippen LogP contribution in [0, 0.1) is 0 Å². The monoisotopic (exact) mass is 374 g/mol. The van der Waals surface area contributed by atoms with Gasteiger partial charge in [0.1, 0.15) is 12.2 Å². The zero-order chi connectivity index (χ0) is 21.1. The van der Waals surface area contributed by atoms with Crippen molar-refractivity contribution in [3.8, 4) is 0 Å². The normalized spacial score (nSPS) is 16.8. The van der Waals surface area contributed by atoms with Gasteiger partial charge in [-0.25, -0.2) is 0 Å². The van der Waals surface area contributed by atoms with Gasteiger partial charge in [-0.2, -0.15) is 0 Å². The molecule has 2 fully saturated rings. The molecule has 2 saturated heterocycles. The molecule has 1 aromatic carbocycles. The van der Waals surface area contributed by atoms with Crippen LogP contribution in [0.15, 0.2) is 36.4 Å². The average Bonchev–Trinajstić information content (AvgIpc) is 3.68. The molecule has 4 nitrogen and oxygen atoms in total. The molecule has 0 aromatic heterocycles. The lowest BCUT2D eigenvalue weighted by molar-refractivity contribution is 0.171. The van der Waals surface area contributed by atoms with Crippen LogP contribution in [0.5, 0.6) is 0 Å². The second-order valence-electron chi connectivity index (χ2n) is 3.98. The summed E-state index contributed by atoms with van der Waals surface area (Å²) in [5.74, 6) is 0. The minimum atomic E-state index is 0.426. The Kier molecular flexibility index (Phi) is 44.3. The molecule has 4 heteroatoms. The van der Waals surface area contributed by atoms with Crippen molar-refractivity contribution >= 4 is 0 Å². The molecule has 2 heterocycles. The van der Waals surface area contributed by atoms with Crippen LogP contribution in [-0.2, 0) is 18.9 Å². The lowest BCUT2D eigenvalue weighted by Crippen LogP contribution is -1.94. The number of ether oxygens (including phenoxy) is 4. The minimum absolute atomic E-state index is 0.426. The summed E-state index contributed by atoms with van der Waals surface area (Å²) >= 11 is 0. The Bertz CT molecular complexity index is 232. The maximum atomic E-state index is 4.82. The number of epoxide rings is 2. The molecule has 2 aliphatic heterocycles. The van der Waals surface area contributed by atoms with Crippen molar-refractivity contribution in [2.24, 2.45) is 0 Å². The van der Waals surface area contributed by atoms with E-state index in [1.165, 1.54) is 0 Å². The van der Waals surface area contributed by atoms with Crippen molar-refractivity contribution in [1.29, 1.82) is 0 Å². The predicted molar refractivity (Wildman–Crippen MR) is 115 cm³/mol. The van der Waals surface area contributed by atoms with Crippen LogP contribution in [0.4, 0.5) is 0 Å². The van der Waals surface area contributed by atoms with Crippen LogP contribution < -0.4 is 0 Å². The van der Waals surface area contributed by atoms with E-state index in [-0.39, 0.29) is 0 Å². The summed E-state index contributed by atoms with van der Waals surface area (Å²) in [7, 11) is 3.36. The van der Waals surface area contributed by atoms with Gasteiger partial charge in [-0.3, -0.25) is 0 Å². The van der Waals surface area contributed by atoms with Gasteiger partial charge < -0.3 is 18.9 Å². The van der Waals surface area contributed by atoms with Gasteiger partial charge in [0.15, 0.2) is 0 Å². The largest absolute Gasteiger partial charge is 0.382 e. The first-order valence-corrected chi connectivity index (χ1v) is 10.1. The summed E-state index contributed by atoms with van der Waals surface area (Å²) < 4.78 is 19.1. The van der Waals surface area contributed by atoms with E-state index in [4.69, 9.17) is 18.9 Å². The fraction of sp³-hybridized carbons (Fsp3) is 0.727. The third-order valence-electron chi connectivity index (χ3n) is 2.18. The van der Waals surface area contributed by atoms with Crippen molar-refractivity contribution in [2.75, 3.05) is 40.6 Å². The molecule has 158 valence electrons. The van der Waals surface area contributed by atoms with Crippen LogP contribution >= 0.6 is 0 Å². The lowest BCUT2D eigenvalue weighted by Gasteiger charge is -1.84. The van der Waals surface area contributed by atoms with Gasteiger partial charge in [0, 0.05) is 14.2 Å². The molecule has 2 unspecified atom stereocenters. The first-order chi connectivity index (χ1) is 12.9. The Morgan fingerprint density at radius 1 is 0.577 bits per heavy atom. The summed E-state index contributed by atoms with van der Waals surface area (Å²) in [6, 6.07) is 12.0. The molecule has 0 spiro atoms. The predicted octanol–water partition coefficient (Wildman–Crippen LogP) is 5.85. The molecular formula is C22H46O4. The molecule has 0 aliphatic carbocycles. The van der Waals surface area contributed by atoms with E-state index in [1.54, 1.807) is 14.2 Å². The van der Waals surface area contributed by atoms with Crippen molar-refractivity contribution in [2.45, 2.75) is 67.6 Å². The maximum Gasteiger partial charge on any atom is 0.104 e. The second-order valence-corrected chi connectivity index (χ2v) is 3.98. The molecule has 26 heavy (non-hydrogen) atoms. The molecule has 2 aliphatic rings. The highest BCUT2D eigenvalue weighted by molar-refractivity contribution is 4.99. The van der Waals surface area contributed by atoms with Crippen LogP contribution in [0.1, 0.15) is 55.4 Å². The average molecular weight is 375 g/mol. The lowest BCUT2D eigenvalue weighted by atomic mass is 10.4. The molecule has 0 amide bonds. The van der Waals surface area contributed by atoms with E-state index >= 15 is 0 Å². The summed E-state index contributed by atoms with van der Waals surface area (Å²) in [5, 5.41) is 0. The van der Waals surface area contributed by atoms with E-state index in [1.807, 2.05) is 91.8 Å². The second kappa shape index (κ2) is 35.2. The van der Waals surface area contributed by atoms with Crippen LogP contribution in [0.25, 0.3) is 0 Å². The molecule has 1 aromatic rings. The Morgan fingerprint density at radius 3 is 0.846 bits per heavy atom. The van der Waals surface area contributed by atoms with Gasteiger partial charge in [-0.15, -0.1) is 0 Å². The van der Waals surface area contributed by atoms with E-state index in [0.29, 0.717) is 12.2 Å². The molecule has 0 saturated carbocycles. The van der Waals surface area contributed by atoms with Gasteiger partial charge in [0.25, 0.3) is 0 Å². The van der Waals surface area contributed by atoms with Gasteiger partial charge in [0.2, 0.25) is 0 Å². The molecule has 0 bridgehead atoms. The molecule has 3 rings (SSSR count). The zero-order valence-electron chi connectivity index (χ0n) is 19.1. The first-order valence-electron chi connectivity index (χ1n) is 10.1. The SMILES string of the molecule is CC.CC.CC.CC.COCC1CO1.COCC1CO1.c1ccccc1. The third kappa shape index (κ3) is 38.6. The van der Waals surface area contributed by atoms with Crippen LogP contribution in [-0.4, -0.2) is 52.9 Å². The molecule has 2 atom stereocenters. The van der Waals surface area contributed by atoms with Crippen LogP contribution in [0.2, 0.25) is 0 Å². The number of rotatable bonds is 4. The number of hydrogen-bond donors (Lipinski definition) is 0. The fourth-order valence-electron chi connectivity index (χ4n) is 1.09. The van der Waals surface area contributed by atoms with E-state index in [0.717, 1.165) is 26.4 Å². The van der Waals surface area contributed by atoms with Crippen molar-refractivity contribution < 1.29 is 18.9 Å². The summed E-state index contributed by atoms with van der Waals surface area (Å²) in [6.07, 6.45) is 0.852. The topological polar surface area (TPSA) is 43.5 Å². The highest BCUT2D eigenvalue weighted by atomic mass is 16.6. The Morgan fingerprint density at radius 2 is 0.769 bits per heavy atom. The van der Waals surface area contributed by atoms with Gasteiger partial charge in [0.05, 0.1) is 26.4 Å². The van der Waals surface area contributed by atoms with Gasteiger partial charge in [-0.05, 0) is 0 Å².